The Labute approximate surface area is 306 Å². The van der Waals surface area contributed by atoms with Gasteiger partial charge >= 0.3 is 0 Å². The van der Waals surface area contributed by atoms with Crippen LogP contribution in [0.4, 0.5) is 0 Å². The topological polar surface area (TPSA) is 154 Å². The molecule has 0 fully saturated rings. The molecule has 0 radical (unpaired) electrons. The van der Waals surface area contributed by atoms with Crippen LogP contribution in [0.1, 0.15) is 113 Å². The summed E-state index contributed by atoms with van der Waals surface area (Å²) in [4.78, 5) is 39.7. The molecule has 0 rings (SSSR count). The second-order valence-electron chi connectivity index (χ2n) is 13.7. The number of hydrogen-bond donors (Lipinski definition) is 7. The third kappa shape index (κ3) is 27.7. The van der Waals surface area contributed by atoms with Crippen molar-refractivity contribution in [1.82, 2.24) is 37.2 Å². The second kappa shape index (κ2) is 30.7. The number of halogens is 1. The van der Waals surface area contributed by atoms with E-state index in [-0.39, 0.29) is 41.9 Å². The van der Waals surface area contributed by atoms with Crippen LogP contribution in [0, 0.1) is 0 Å². The summed E-state index contributed by atoms with van der Waals surface area (Å²) in [5.74, 6) is -0.373. The van der Waals surface area contributed by atoms with Gasteiger partial charge in [-0.2, -0.15) is 0 Å². The molecule has 0 saturated carbocycles. The van der Waals surface area contributed by atoms with E-state index in [9.17, 15) is 14.4 Å². The average molecular weight is 798 g/mol. The Morgan fingerprint density at radius 2 is 0.938 bits per heavy atom. The highest BCUT2D eigenvalue weighted by Crippen LogP contribution is 2.08. The molecule has 0 aromatic heterocycles. The normalized spacial score (nSPS) is 13.7. The maximum Gasteiger partial charge on any atom is 0.242 e. The first-order valence-electron chi connectivity index (χ1n) is 18.4. The van der Waals surface area contributed by atoms with Gasteiger partial charge in [0.25, 0.3) is 0 Å². The molecule has 48 heavy (non-hydrogen) atoms. The molecule has 284 valence electrons. The fourth-order valence-electron chi connectivity index (χ4n) is 5.11. The summed E-state index contributed by atoms with van der Waals surface area (Å²) in [6, 6.07) is -0.0654. The van der Waals surface area contributed by atoms with Crippen molar-refractivity contribution in [3.63, 3.8) is 0 Å². The van der Waals surface area contributed by atoms with E-state index < -0.39 is 6.04 Å². The minimum atomic E-state index is -0.676. The van der Waals surface area contributed by atoms with Gasteiger partial charge in [0.15, 0.2) is 0 Å². The van der Waals surface area contributed by atoms with Crippen molar-refractivity contribution in [3.8, 4) is 0 Å². The van der Waals surface area contributed by atoms with Gasteiger partial charge in [0.05, 0.1) is 36.5 Å². The third-order valence-electron chi connectivity index (χ3n) is 7.49. The van der Waals surface area contributed by atoms with Crippen molar-refractivity contribution in [1.29, 1.82) is 0 Å². The average Bonchev–Trinajstić information content (AvgIpc) is 3.01. The first-order valence-corrected chi connectivity index (χ1v) is 20.0. The summed E-state index contributed by atoms with van der Waals surface area (Å²) >= 11 is 2.14. The van der Waals surface area contributed by atoms with Crippen molar-refractivity contribution in [2.24, 2.45) is 0 Å². The van der Waals surface area contributed by atoms with E-state index in [4.69, 9.17) is 9.47 Å². The molecule has 0 aromatic rings. The maximum atomic E-state index is 13.5. The molecule has 0 aliphatic heterocycles. The van der Waals surface area contributed by atoms with Crippen LogP contribution >= 0.6 is 22.6 Å². The van der Waals surface area contributed by atoms with E-state index in [0.29, 0.717) is 75.3 Å². The Balaban J connectivity index is 5.11. The predicted octanol–water partition coefficient (Wildman–Crippen LogP) is 3.37. The Morgan fingerprint density at radius 1 is 0.500 bits per heavy atom. The van der Waals surface area contributed by atoms with Crippen LogP contribution in [0.3, 0.4) is 0 Å². The summed E-state index contributed by atoms with van der Waals surface area (Å²) < 4.78 is 11.4. The lowest BCUT2D eigenvalue weighted by Crippen LogP contribution is -2.54. The van der Waals surface area contributed by atoms with Crippen molar-refractivity contribution in [2.45, 2.75) is 155 Å². The number of carbonyl (C=O) groups excluding carboxylic acids is 3. The monoisotopic (exact) mass is 797 g/mol. The number of alkyl halides is 1. The molecule has 0 aromatic carbocycles. The van der Waals surface area contributed by atoms with Crippen molar-refractivity contribution in [2.75, 3.05) is 50.6 Å². The number of amides is 3. The van der Waals surface area contributed by atoms with E-state index in [1.54, 1.807) is 0 Å². The molecular weight excluding hydrogens is 725 g/mol. The van der Waals surface area contributed by atoms with Crippen LogP contribution in [-0.2, 0) is 23.9 Å². The van der Waals surface area contributed by atoms with Gasteiger partial charge in [0, 0.05) is 37.3 Å². The minimum Gasteiger partial charge on any atom is -0.377 e. The van der Waals surface area contributed by atoms with E-state index in [1.165, 1.54) is 0 Å². The molecule has 0 bridgehead atoms. The zero-order valence-electron chi connectivity index (χ0n) is 31.5. The molecule has 0 aliphatic rings. The number of rotatable bonds is 32. The van der Waals surface area contributed by atoms with Gasteiger partial charge < -0.3 is 46.7 Å². The lowest BCUT2D eigenvalue weighted by molar-refractivity contribution is -0.130. The van der Waals surface area contributed by atoms with Gasteiger partial charge in [0.2, 0.25) is 17.7 Å². The third-order valence-corrected chi connectivity index (χ3v) is 7.93. The molecule has 12 nitrogen and oxygen atoms in total. The maximum absolute atomic E-state index is 13.5. The Morgan fingerprint density at radius 3 is 1.44 bits per heavy atom. The number of nitrogens with one attached hydrogen (secondary N) is 7. The van der Waals surface area contributed by atoms with E-state index in [2.05, 4.69) is 101 Å². The fraction of sp³-hybridized carbons (Fsp3) is 0.914. The number of carbonyl (C=O) groups is 3. The molecule has 13 heteroatoms. The van der Waals surface area contributed by atoms with Crippen molar-refractivity contribution >= 4 is 40.3 Å². The van der Waals surface area contributed by atoms with Crippen LogP contribution in [-0.4, -0.2) is 111 Å². The number of ether oxygens (including phenoxy) is 2. The Bertz CT molecular complexity index is 820. The fourth-order valence-corrected chi connectivity index (χ4v) is 5.42. The molecule has 0 heterocycles. The number of hydrogen-bond acceptors (Lipinski definition) is 9. The highest BCUT2D eigenvalue weighted by Gasteiger charge is 2.26. The van der Waals surface area contributed by atoms with Gasteiger partial charge in [0.1, 0.15) is 6.04 Å². The van der Waals surface area contributed by atoms with Crippen molar-refractivity contribution in [3.05, 3.63) is 0 Å². The van der Waals surface area contributed by atoms with Crippen LogP contribution in [0.15, 0.2) is 0 Å². The smallest absolute Gasteiger partial charge is 0.242 e. The lowest BCUT2D eigenvalue weighted by Gasteiger charge is -2.25. The largest absolute Gasteiger partial charge is 0.377 e. The van der Waals surface area contributed by atoms with E-state index >= 15 is 0 Å². The number of unbranched alkanes of at least 4 members (excludes halogenated alkanes) is 3. The Kier molecular flexibility index (Phi) is 30.0. The summed E-state index contributed by atoms with van der Waals surface area (Å²) in [7, 11) is 0. The van der Waals surface area contributed by atoms with Crippen LogP contribution in [0.25, 0.3) is 0 Å². The first-order chi connectivity index (χ1) is 22.9. The molecule has 3 amide bonds. The Hall–Kier alpha value is -1.10. The minimum absolute atomic E-state index is 0.0122. The molecule has 0 spiro atoms. The van der Waals surface area contributed by atoms with Crippen LogP contribution < -0.4 is 37.2 Å². The van der Waals surface area contributed by atoms with Crippen LogP contribution in [0.5, 0.6) is 0 Å². The van der Waals surface area contributed by atoms with Gasteiger partial charge in [-0.25, -0.2) is 0 Å². The van der Waals surface area contributed by atoms with E-state index in [0.717, 1.165) is 45.2 Å². The summed E-state index contributed by atoms with van der Waals surface area (Å²) in [5, 5.41) is 22.7. The second-order valence-corrected chi connectivity index (χ2v) is 14.3. The first kappa shape index (κ1) is 46.9. The summed E-state index contributed by atoms with van der Waals surface area (Å²) in [6.45, 7) is 20.7. The molecular formula is C35H72IN7O5. The van der Waals surface area contributed by atoms with Gasteiger partial charge in [-0.1, -0.05) is 90.8 Å². The molecule has 0 aliphatic carbocycles. The molecule has 7 N–H and O–H groups in total. The SMILES string of the molecule is CC(C)NCCCCC(NC(C)C)C(=O)NCCCCC(NC(=O)C(CCCCNC(C)C)NC(C)C)C(=O)NCCOCCOCI. The quantitative estimate of drug-likeness (QED) is 0.0309. The zero-order chi connectivity index (χ0) is 36.2. The highest BCUT2D eigenvalue weighted by atomic mass is 127. The van der Waals surface area contributed by atoms with E-state index in [1.807, 2.05) is 13.8 Å². The summed E-state index contributed by atoms with van der Waals surface area (Å²) in [5.41, 5.74) is 0. The van der Waals surface area contributed by atoms with Gasteiger partial charge in [-0.15, -0.1) is 0 Å². The zero-order valence-corrected chi connectivity index (χ0v) is 33.6. The molecule has 3 unspecified atom stereocenters. The lowest BCUT2D eigenvalue weighted by atomic mass is 10.0. The highest BCUT2D eigenvalue weighted by molar-refractivity contribution is 14.1. The standard InChI is InChI=1S/C35H72IN7O5/c1-26(2)37-18-12-9-15-30(41-28(5)6)33(44)39-20-14-11-16-31(34(45)40-21-22-47-23-24-48-25-36)43-35(46)32(42-29(7)8)17-10-13-19-38-27(3)4/h26-32,37-38,41-42H,9-25H2,1-8H3,(H,39,44)(H,40,45)(H,43,46). The van der Waals surface area contributed by atoms with Gasteiger partial charge in [-0.05, 0) is 58.0 Å². The van der Waals surface area contributed by atoms with Gasteiger partial charge in [-0.3, -0.25) is 14.4 Å². The molecule has 3 atom stereocenters. The summed E-state index contributed by atoms with van der Waals surface area (Å²) in [6.07, 6.45) is 7.19. The predicted molar refractivity (Wildman–Crippen MR) is 206 cm³/mol. The van der Waals surface area contributed by atoms with Crippen molar-refractivity contribution < 1.29 is 23.9 Å². The molecule has 0 saturated heterocycles. The van der Waals surface area contributed by atoms with Crippen LogP contribution in [0.2, 0.25) is 0 Å².